The Kier molecular flexibility index (Phi) is 10.7. The first kappa shape index (κ1) is 37.0. The lowest BCUT2D eigenvalue weighted by Gasteiger charge is -2.34. The highest BCUT2D eigenvalue weighted by atomic mass is 28.4. The highest BCUT2D eigenvalue weighted by molar-refractivity contribution is 6.73. The maximum atomic E-state index is 14.2. The van der Waals surface area contributed by atoms with Crippen LogP contribution >= 0.6 is 0 Å². The van der Waals surface area contributed by atoms with Gasteiger partial charge in [0.2, 0.25) is 6.10 Å². The second kappa shape index (κ2) is 14.5. The molecule has 0 radical (unpaired) electrons. The van der Waals surface area contributed by atoms with Gasteiger partial charge in [-0.05, 0) is 67.4 Å². The van der Waals surface area contributed by atoms with E-state index in [2.05, 4.69) is 31.4 Å². The Hall–Kier alpha value is -4.27. The van der Waals surface area contributed by atoms with Gasteiger partial charge >= 0.3 is 11.9 Å². The number of nitrogens with zero attached hydrogens (tertiary/aromatic N) is 1. The van der Waals surface area contributed by atoms with Crippen molar-refractivity contribution in [1.82, 2.24) is 15.5 Å². The minimum atomic E-state index is -2.22. The average molecular weight is 710 g/mol. The molecule has 0 aliphatic carbocycles. The van der Waals surface area contributed by atoms with Crippen molar-refractivity contribution < 1.29 is 47.3 Å². The van der Waals surface area contributed by atoms with Crippen molar-refractivity contribution in [3.63, 3.8) is 0 Å². The van der Waals surface area contributed by atoms with Crippen molar-refractivity contribution in [3.8, 4) is 5.75 Å². The lowest BCUT2D eigenvalue weighted by molar-refractivity contribution is -0.148. The Balaban J connectivity index is 1.53. The van der Waals surface area contributed by atoms with Gasteiger partial charge in [0.1, 0.15) is 28.9 Å². The van der Waals surface area contributed by atoms with Crippen LogP contribution in [-0.4, -0.2) is 99.5 Å². The number of aryl methyl sites for hydroxylation is 1. The van der Waals surface area contributed by atoms with Gasteiger partial charge in [-0.15, -0.1) is 0 Å². The number of carbonyl (C=O) groups excluding carboxylic acids is 5. The van der Waals surface area contributed by atoms with Gasteiger partial charge in [-0.25, -0.2) is 4.79 Å². The number of nitrogens with one attached hydrogen (secondary N) is 2. The summed E-state index contributed by atoms with van der Waals surface area (Å²) >= 11 is 0. The molecule has 5 rings (SSSR count). The Morgan fingerprint density at radius 1 is 1.06 bits per heavy atom. The summed E-state index contributed by atoms with van der Waals surface area (Å²) in [4.78, 5) is 68.1. The third-order valence-electron chi connectivity index (χ3n) is 10.0. The normalized spacial score (nSPS) is 23.8. The third kappa shape index (κ3) is 7.42. The molecule has 2 aromatic carbocycles. The zero-order chi connectivity index (χ0) is 36.5. The Bertz CT molecular complexity index is 1730. The van der Waals surface area contributed by atoms with Crippen LogP contribution in [0, 0.1) is 6.92 Å². The molecule has 3 aliphatic heterocycles. The number of piperidine rings is 1. The second-order valence-electron chi connectivity index (χ2n) is 13.4. The summed E-state index contributed by atoms with van der Waals surface area (Å²) in [5.74, 6) is -2.83. The molecule has 0 bridgehead atoms. The van der Waals surface area contributed by atoms with E-state index in [9.17, 15) is 24.0 Å². The summed E-state index contributed by atoms with van der Waals surface area (Å²) in [6.45, 7) is 12.8. The molecule has 0 unspecified atom stereocenters. The zero-order valence-corrected chi connectivity index (χ0v) is 31.0. The fourth-order valence-corrected chi connectivity index (χ4v) is 9.52. The minimum absolute atomic E-state index is 0.122. The molecular weight excluding hydrogens is 662 g/mol. The zero-order valence-electron chi connectivity index (χ0n) is 30.0. The largest absolute Gasteiger partial charge is 0.497 e. The summed E-state index contributed by atoms with van der Waals surface area (Å²) in [7, 11) is -0.722. The maximum Gasteiger partial charge on any atom is 0.339 e. The van der Waals surface area contributed by atoms with E-state index in [1.165, 1.54) is 21.0 Å². The number of hydrogen-bond acceptors (Lipinski definition) is 11. The number of rotatable bonds is 15. The van der Waals surface area contributed by atoms with Crippen LogP contribution in [0.1, 0.15) is 57.5 Å². The molecule has 0 saturated carbocycles. The van der Waals surface area contributed by atoms with Gasteiger partial charge in [0.25, 0.3) is 11.8 Å². The number of ketones is 1. The van der Waals surface area contributed by atoms with E-state index in [1.54, 1.807) is 19.1 Å². The molecule has 3 aliphatic rings. The van der Waals surface area contributed by atoms with Crippen molar-refractivity contribution in [1.29, 1.82) is 0 Å². The topological polar surface area (TPSA) is 162 Å². The van der Waals surface area contributed by atoms with Gasteiger partial charge in [-0.2, -0.15) is 0 Å². The second-order valence-corrected chi connectivity index (χ2v) is 18.2. The van der Waals surface area contributed by atoms with Crippen LogP contribution in [0.2, 0.25) is 18.1 Å². The third-order valence-corrected chi connectivity index (χ3v) is 14.6. The fraction of sp³-hybridized carbons (Fsp3) is 0.528. The number of Topliss-reactive ketones (excluding diaryl/α,β-unsaturated/α-hetero) is 1. The monoisotopic (exact) mass is 709 g/mol. The summed E-state index contributed by atoms with van der Waals surface area (Å²) in [6, 6.07) is 11.3. The van der Waals surface area contributed by atoms with Crippen LogP contribution in [0.4, 0.5) is 0 Å². The van der Waals surface area contributed by atoms with Crippen LogP contribution in [0.25, 0.3) is 10.8 Å². The number of amides is 2. The Morgan fingerprint density at radius 3 is 2.32 bits per heavy atom. The van der Waals surface area contributed by atoms with Gasteiger partial charge < -0.3 is 38.9 Å². The van der Waals surface area contributed by atoms with Crippen molar-refractivity contribution in [2.45, 2.75) is 96.6 Å². The molecule has 14 heteroatoms. The highest BCUT2D eigenvalue weighted by Crippen LogP contribution is 2.46. The summed E-state index contributed by atoms with van der Waals surface area (Å²) < 4.78 is 29.6. The molecule has 2 amide bonds. The molecule has 50 heavy (non-hydrogen) atoms. The van der Waals surface area contributed by atoms with E-state index in [4.69, 9.17) is 23.4 Å². The predicted octanol–water partition coefficient (Wildman–Crippen LogP) is 3.52. The van der Waals surface area contributed by atoms with Crippen molar-refractivity contribution in [2.75, 3.05) is 26.8 Å². The van der Waals surface area contributed by atoms with Crippen LogP contribution < -0.4 is 15.4 Å². The number of hydrogen-bond donors (Lipinski definition) is 2. The van der Waals surface area contributed by atoms with E-state index in [0.29, 0.717) is 17.7 Å². The number of ether oxygens (including phenoxy) is 4. The lowest BCUT2D eigenvalue weighted by Crippen LogP contribution is -2.50. The standard InChI is InChI=1S/C36H47N3O10Si/c1-9-50(10-2,11-3)49-30-27-18-39(27)29(31(30)47-22(6)41)28(33(42)37-17-21(5)40)38-34(43)32(36(7)19-46-36)48-35(44)26-16-23(45-8)15-25-20(4)13-12-14-24(25)26/h12-16,27,30-32H,9-11,17-19H2,1-8H3,(H,37,42)(H,38,43)/b29-28+/t27-,30+,31+,32+,36-,39?/m0/s1. The molecule has 2 aromatic rings. The maximum absolute atomic E-state index is 14.2. The van der Waals surface area contributed by atoms with Crippen molar-refractivity contribution in [3.05, 3.63) is 52.9 Å². The van der Waals surface area contributed by atoms with Crippen LogP contribution in [0.15, 0.2) is 41.7 Å². The van der Waals surface area contributed by atoms with Crippen molar-refractivity contribution in [2.24, 2.45) is 0 Å². The number of fused-ring (bicyclic) bond motifs is 2. The molecule has 3 fully saturated rings. The summed E-state index contributed by atoms with van der Waals surface area (Å²) in [5, 5.41) is 6.66. The van der Waals surface area contributed by atoms with Gasteiger partial charge in [-0.3, -0.25) is 19.2 Å². The minimum Gasteiger partial charge on any atom is -0.497 e. The van der Waals surface area contributed by atoms with E-state index >= 15 is 0 Å². The first-order valence-electron chi connectivity index (χ1n) is 17.1. The molecule has 0 spiro atoms. The molecule has 3 saturated heterocycles. The first-order valence-corrected chi connectivity index (χ1v) is 19.6. The fourth-order valence-electron chi connectivity index (χ4n) is 6.66. The van der Waals surface area contributed by atoms with Crippen LogP contribution in [-0.2, 0) is 37.8 Å². The smallest absolute Gasteiger partial charge is 0.339 e. The van der Waals surface area contributed by atoms with Gasteiger partial charge in [0.15, 0.2) is 14.4 Å². The highest BCUT2D eigenvalue weighted by Gasteiger charge is 2.61. The van der Waals surface area contributed by atoms with Crippen LogP contribution in [0.3, 0.4) is 0 Å². The Labute approximate surface area is 293 Å². The molecule has 5 atom stereocenters. The van der Waals surface area contributed by atoms with Crippen molar-refractivity contribution >= 4 is 48.6 Å². The molecule has 3 heterocycles. The number of esters is 2. The first-order chi connectivity index (χ1) is 23.7. The van der Waals surface area contributed by atoms with Gasteiger partial charge in [0.05, 0.1) is 37.6 Å². The number of benzene rings is 2. The molecule has 2 N–H and O–H groups in total. The molecule has 13 nitrogen and oxygen atoms in total. The molecule has 270 valence electrons. The molecule has 0 aromatic heterocycles. The lowest BCUT2D eigenvalue weighted by atomic mass is 9.99. The summed E-state index contributed by atoms with van der Waals surface area (Å²) in [5.41, 5.74) is -0.0289. The van der Waals surface area contributed by atoms with E-state index in [-0.39, 0.29) is 41.9 Å². The predicted molar refractivity (Wildman–Crippen MR) is 186 cm³/mol. The quantitative estimate of drug-likeness (QED) is 0.121. The van der Waals surface area contributed by atoms with E-state index < -0.39 is 56.0 Å². The van der Waals surface area contributed by atoms with Crippen LogP contribution in [0.5, 0.6) is 5.75 Å². The molecular formula is C36H47N3O10Si. The van der Waals surface area contributed by atoms with Gasteiger partial charge in [-0.1, -0.05) is 39.0 Å². The SMILES string of the molecule is CC[Si](CC)(CC)O[C@H]1[C@H](OC(C)=O)/C(=C(\NC(=O)[C@@H](OC(=O)c2cc(OC)cc3c(C)cccc23)[C@]2(C)CO2)C(=O)NCC(C)=O)N2C[C@@H]12. The average Bonchev–Trinajstić information content (AvgIpc) is 4.02. The van der Waals surface area contributed by atoms with E-state index in [1.807, 2.05) is 30.0 Å². The Morgan fingerprint density at radius 2 is 1.74 bits per heavy atom. The number of epoxide rings is 1. The number of carbonyl (C=O) groups is 5. The summed E-state index contributed by atoms with van der Waals surface area (Å²) in [6.07, 6.45) is -3.04. The number of methoxy groups -OCH3 is 1. The van der Waals surface area contributed by atoms with Gasteiger partial charge in [0, 0.05) is 13.5 Å². The van der Waals surface area contributed by atoms with E-state index in [0.717, 1.165) is 29.1 Å².